The van der Waals surface area contributed by atoms with Crippen molar-refractivity contribution >= 4 is 94.6 Å². The molecule has 4 saturated heterocycles. The van der Waals surface area contributed by atoms with E-state index in [1.807, 2.05) is 96.4 Å². The van der Waals surface area contributed by atoms with Gasteiger partial charge >= 0.3 is 42.0 Å². The normalized spacial score (nSPS) is 24.7. The van der Waals surface area contributed by atoms with Gasteiger partial charge in [-0.3, -0.25) is 44.6 Å². The second-order valence-corrected chi connectivity index (χ2v) is 41.5. The van der Waals surface area contributed by atoms with Crippen LogP contribution in [0.1, 0.15) is 190 Å². The van der Waals surface area contributed by atoms with E-state index in [-0.39, 0.29) is 109 Å². The Bertz CT molecular complexity index is 6710. The zero-order valence-corrected chi connectivity index (χ0v) is 84.0. The molecule has 0 aliphatic carbocycles. The molecule has 8 aromatic carbocycles. The van der Waals surface area contributed by atoms with E-state index in [4.69, 9.17) is 82.7 Å². The fourth-order valence-corrected chi connectivity index (χ4v) is 26.1. The number of phenolic OH excluding ortho intramolecular Hbond substituents is 3. The molecule has 2 amide bonds. The van der Waals surface area contributed by atoms with Gasteiger partial charge in [0, 0.05) is 89.0 Å². The number of carbonyl (C=O) groups excluding carboxylic acids is 8. The quantitative estimate of drug-likeness (QED) is 0.0264. The van der Waals surface area contributed by atoms with Crippen LogP contribution in [0.4, 0.5) is 9.59 Å². The Kier molecular flexibility index (Phi) is 27.1. The van der Waals surface area contributed by atoms with Crippen molar-refractivity contribution in [3.05, 3.63) is 209 Å². The van der Waals surface area contributed by atoms with Crippen LogP contribution in [-0.2, 0) is 84.5 Å². The lowest BCUT2D eigenvalue weighted by Gasteiger charge is -2.62. The van der Waals surface area contributed by atoms with Crippen LogP contribution in [0, 0.1) is 50.4 Å². The molecule has 0 aromatic heterocycles. The lowest BCUT2D eigenvalue weighted by molar-refractivity contribution is -0.158. The molecule has 22 rings (SSSR count). The number of carbonyl (C=O) groups is 8. The predicted octanol–water partition coefficient (Wildman–Crippen LogP) is 15.0. The molecule has 2 spiro atoms. The first-order valence-corrected chi connectivity index (χ1v) is 49.3. The number of amides is 2. The summed E-state index contributed by atoms with van der Waals surface area (Å²) in [7, 11) is 5.82. The Labute approximate surface area is 838 Å². The number of hydrogen-bond acceptors (Lipinski definition) is 34. The van der Waals surface area contributed by atoms with Crippen molar-refractivity contribution < 1.29 is 125 Å². The van der Waals surface area contributed by atoms with Gasteiger partial charge < -0.3 is 86.4 Å². The number of methoxy groups -OCH3 is 4. The number of esters is 5. The summed E-state index contributed by atoms with van der Waals surface area (Å²) in [6, 6.07) is 25.1. The van der Waals surface area contributed by atoms with Gasteiger partial charge in [-0.2, -0.15) is 10.5 Å². The van der Waals surface area contributed by atoms with Gasteiger partial charge in [-0.1, -0.05) is 78.9 Å². The van der Waals surface area contributed by atoms with E-state index in [0.717, 1.165) is 27.8 Å². The van der Waals surface area contributed by atoms with E-state index in [2.05, 4.69) is 22.8 Å². The van der Waals surface area contributed by atoms with Gasteiger partial charge in [0.15, 0.2) is 80.1 Å². The van der Waals surface area contributed by atoms with Crippen LogP contribution < -0.4 is 62.7 Å². The first kappa shape index (κ1) is 99.5. The Balaban J connectivity index is 0.000000171. The number of nitrogens with zero attached hydrogens (tertiary/aromatic N) is 6. The van der Waals surface area contributed by atoms with E-state index < -0.39 is 140 Å². The lowest BCUT2D eigenvalue weighted by Crippen LogP contribution is -2.71. The van der Waals surface area contributed by atoms with Crippen LogP contribution in [0.25, 0.3) is 12.2 Å². The number of thioether (sulfide) groups is 2. The summed E-state index contributed by atoms with van der Waals surface area (Å²) >= 11 is 7.79. The van der Waals surface area contributed by atoms with Crippen molar-refractivity contribution in [2.75, 3.05) is 79.8 Å². The van der Waals surface area contributed by atoms with Crippen molar-refractivity contribution in [2.45, 2.75) is 202 Å². The number of hydrogen-bond donors (Lipinski definition) is 5. The van der Waals surface area contributed by atoms with Crippen LogP contribution in [0.5, 0.6) is 80.5 Å². The standard InChI is InChI=1S/C53H54N4O13S.C44H48N4O12S.C9H7ClO/c1-26-18-31-19-33-34(22-54)56-35-23-65-50(61)53(32-21-36(63-7)37(20-30(32)16-17-55-53)69-38(59)15-14-29-12-10-9-11-13-29)24-71-49(41-40(35)48-47(66-25-67-48)27(2)46(41)68-28(3)58)43(56)42(39(31)44(60)45(26)64-8)57(33)51(62)70-52(4,5)6;1-19-11-23-12-25-26(15-45)47-27-16-56-41(52)44(24-14-29(54-7)28(50)13-22(24)9-10-46-44)17-61-40(32-31(27)39-38(57-18-58-39)20(2)37(32)59-21(3)49)34(47)33(30(23)35(51)36(19)55-8)48(25)42(53)60-43(4,5)6;10-9(11)7-6-8-4-2-1-3-5-8/h9-15,18,20-21,33-35,42-43,49,55,60H,16-17,19,23-25H2,1-8H3;11,13-14,25-27,33-34,40,46,50-51H,9-10,12,16-18H2,1-8H3;1-7H/b15-14+;;7-6+/t33-,34-,35-,42+,43?,49+,53+;25-,26-,27-,33+,34?,40+,44+;/m00./s1. The molecular formula is C106H109ClN8O26S2. The zero-order valence-electron chi connectivity index (χ0n) is 81.6. The predicted molar refractivity (Wildman–Crippen MR) is 522 cm³/mol. The number of aryl methyl sites for hydroxylation is 2. The van der Waals surface area contributed by atoms with Gasteiger partial charge in [0.25, 0.3) is 0 Å². The molecule has 8 bridgehead atoms. The van der Waals surface area contributed by atoms with Gasteiger partial charge in [0.2, 0.25) is 18.8 Å². The van der Waals surface area contributed by atoms with Crippen LogP contribution in [0.15, 0.2) is 109 Å². The monoisotopic (exact) mass is 2010 g/mol. The topological polar surface area (TPSA) is 420 Å². The molecule has 37 heteroatoms. The number of ether oxygens (including phenoxy) is 15. The summed E-state index contributed by atoms with van der Waals surface area (Å²) in [5.41, 5.74) is 6.17. The second kappa shape index (κ2) is 38.9. The molecular weight excluding hydrogens is 1900 g/mol. The van der Waals surface area contributed by atoms with Crippen LogP contribution in [0.2, 0.25) is 0 Å². The van der Waals surface area contributed by atoms with Gasteiger partial charge in [-0.05, 0) is 199 Å². The molecule has 0 saturated carbocycles. The molecule has 0 radical (unpaired) electrons. The molecule has 2 unspecified atom stereocenters. The van der Waals surface area contributed by atoms with E-state index in [0.29, 0.717) is 121 Å². The summed E-state index contributed by atoms with van der Waals surface area (Å²) in [6.07, 6.45) is 5.92. The molecule has 14 aliphatic heterocycles. The van der Waals surface area contributed by atoms with E-state index >= 15 is 4.79 Å². The number of benzene rings is 8. The summed E-state index contributed by atoms with van der Waals surface area (Å²) in [5, 5.41) is 63.4. The fourth-order valence-electron chi connectivity index (χ4n) is 22.6. The lowest BCUT2D eigenvalue weighted by atomic mass is 9.71. The highest BCUT2D eigenvalue weighted by atomic mass is 35.5. The van der Waals surface area contributed by atoms with Gasteiger partial charge in [-0.15, -0.1) is 23.5 Å². The Morgan fingerprint density at radius 3 is 1.31 bits per heavy atom. The number of fused-ring (bicyclic) bond motifs is 18. The van der Waals surface area contributed by atoms with Crippen LogP contribution in [-0.4, -0.2) is 209 Å². The number of nitrogens with one attached hydrogen (secondary N) is 2. The Morgan fingerprint density at radius 2 is 0.916 bits per heavy atom. The minimum atomic E-state index is -1.56. The third kappa shape index (κ3) is 17.5. The zero-order chi connectivity index (χ0) is 102. The highest BCUT2D eigenvalue weighted by molar-refractivity contribution is 7.99. The third-order valence-corrected chi connectivity index (χ3v) is 31.2. The Hall–Kier alpha value is -13.6. The number of phenols is 3. The third-order valence-electron chi connectivity index (χ3n) is 28.1. The largest absolute Gasteiger partial charge is 0.504 e. The summed E-state index contributed by atoms with van der Waals surface area (Å²) in [4.78, 5) is 117. The number of rotatable bonds is 11. The Morgan fingerprint density at radius 1 is 0.503 bits per heavy atom. The first-order chi connectivity index (χ1) is 68.3. The molecule has 34 nitrogen and oxygen atoms in total. The van der Waals surface area contributed by atoms with Gasteiger partial charge in [0.05, 0.1) is 99.4 Å². The molecule has 8 aromatic rings. The van der Waals surface area contributed by atoms with Crippen LogP contribution in [0.3, 0.4) is 0 Å². The summed E-state index contributed by atoms with van der Waals surface area (Å²) < 4.78 is 91.1. The number of allylic oxidation sites excluding steroid dienone is 1. The fraction of sp³-hybridized carbons (Fsp3) is 0.415. The molecule has 143 heavy (non-hydrogen) atoms. The highest BCUT2D eigenvalue weighted by Gasteiger charge is 2.67. The smallest absolute Gasteiger partial charge is 0.411 e. The first-order valence-electron chi connectivity index (χ1n) is 46.8. The number of nitriles is 2. The van der Waals surface area contributed by atoms with E-state index in [9.17, 15) is 59.4 Å². The number of halogens is 1. The molecule has 14 atom stereocenters. The van der Waals surface area contributed by atoms with Crippen molar-refractivity contribution in [1.29, 1.82) is 10.5 Å². The maximum absolute atomic E-state index is 15.3. The average molecular weight is 2010 g/mol. The average Bonchev–Trinajstić information content (AvgIpc) is 1.58. The van der Waals surface area contributed by atoms with E-state index in [1.54, 1.807) is 102 Å². The molecule has 748 valence electrons. The van der Waals surface area contributed by atoms with Crippen LogP contribution >= 0.6 is 35.1 Å². The second-order valence-electron chi connectivity index (χ2n) is 38.8. The summed E-state index contributed by atoms with van der Waals surface area (Å²) in [5.74, 6) is -0.537. The highest BCUT2D eigenvalue weighted by Crippen LogP contribution is 2.69. The molecule has 4 fully saturated rings. The van der Waals surface area contributed by atoms with Gasteiger partial charge in [-0.25, -0.2) is 24.0 Å². The van der Waals surface area contributed by atoms with Crippen molar-refractivity contribution in [1.82, 2.24) is 30.2 Å². The van der Waals surface area contributed by atoms with Crippen molar-refractivity contribution in [3.8, 4) is 92.6 Å². The summed E-state index contributed by atoms with van der Waals surface area (Å²) in [6.45, 7) is 20.2. The number of piperazine rings is 2. The minimum absolute atomic E-state index is 0.0226. The van der Waals surface area contributed by atoms with Gasteiger partial charge in [0.1, 0.15) is 48.0 Å². The molecule has 14 aliphatic rings. The molecule has 14 heterocycles. The van der Waals surface area contributed by atoms with E-state index in [1.165, 1.54) is 78.0 Å². The maximum atomic E-state index is 15.3. The minimum Gasteiger partial charge on any atom is -0.504 e. The van der Waals surface area contributed by atoms with Crippen molar-refractivity contribution in [2.24, 2.45) is 0 Å². The molecule has 5 N–H and O–H groups in total. The van der Waals surface area contributed by atoms with Crippen molar-refractivity contribution in [3.63, 3.8) is 0 Å². The SMILES string of the molecule is COc1cc2c(cc1O)CCN[C@]21CS[C@@H]2c3c(OC(C)=O)c(C)c4c(c3[C@H](COC1=O)N1C2[C@H]2c3c(cc(C)c(OC)c3O)C[C@@H]([C@@H]1C#N)N2C(=O)OC(C)(C)C)OCO4.COc1cc2c(cc1OC(=O)/C=C/c1ccccc1)CCN[C@]21CS[C@@H]2c3c(OC(C)=O)c(C)c4c(c3[C@H](COC1=O)N1C2[C@H]2c3c(cc(C)c(OC)c3O)C[C@@H]([C@@H]1C#N)N2C(=O)OC(C)(C)C)OCO4.O=C(Cl)/C=C/c1ccccc1. The number of aromatic hydroxyl groups is 3. The maximum Gasteiger partial charge on any atom is 0.411 e.